The predicted molar refractivity (Wildman–Crippen MR) is 129 cm³/mol. The van der Waals surface area contributed by atoms with Crippen LogP contribution in [0.15, 0.2) is 47.5 Å². The zero-order valence-corrected chi connectivity index (χ0v) is 20.0. The highest BCUT2D eigenvalue weighted by molar-refractivity contribution is 6.39. The minimum Gasteiger partial charge on any atom is -0.480 e. The number of nitrogens with one attached hydrogen (secondary N) is 1. The number of carbonyl (C=O) groups excluding carboxylic acids is 4. The van der Waals surface area contributed by atoms with E-state index in [1.807, 2.05) is 0 Å². The van der Waals surface area contributed by atoms with Crippen LogP contribution in [0.1, 0.15) is 34.3 Å². The number of carboxylic acids is 1. The maximum absolute atomic E-state index is 12.5. The van der Waals surface area contributed by atoms with Crippen LogP contribution < -0.4 is 16.8 Å². The van der Waals surface area contributed by atoms with Gasteiger partial charge in [-0.2, -0.15) is 9.59 Å². The highest BCUT2D eigenvalue weighted by Crippen LogP contribution is 2.24. The van der Waals surface area contributed by atoms with Crippen molar-refractivity contribution in [1.82, 2.24) is 5.32 Å². The van der Waals surface area contributed by atoms with Gasteiger partial charge in [-0.25, -0.2) is 4.79 Å². The summed E-state index contributed by atoms with van der Waals surface area (Å²) in [6.45, 7) is 0.398. The molecule has 1 amide bonds. The molecule has 0 bridgehead atoms. The number of aliphatic carboxylic acids is 1. The van der Waals surface area contributed by atoms with Crippen LogP contribution in [0, 0.1) is 0 Å². The molecule has 10 nitrogen and oxygen atoms in total. The van der Waals surface area contributed by atoms with Crippen molar-refractivity contribution in [3.05, 3.63) is 69.2 Å². The van der Waals surface area contributed by atoms with E-state index < -0.39 is 17.9 Å². The van der Waals surface area contributed by atoms with Crippen LogP contribution in [-0.4, -0.2) is 47.5 Å². The fourth-order valence-electron chi connectivity index (χ4n) is 2.97. The van der Waals surface area contributed by atoms with E-state index in [4.69, 9.17) is 44.3 Å². The Morgan fingerprint density at radius 3 is 2.06 bits per heavy atom. The average molecular weight is 523 g/mol. The molecule has 0 unspecified atom stereocenters. The third-order valence-electron chi connectivity index (χ3n) is 4.57. The molecule has 0 aromatic heterocycles. The van der Waals surface area contributed by atoms with Gasteiger partial charge >= 0.3 is 12.1 Å². The molecular weight excluding hydrogens is 499 g/mol. The monoisotopic (exact) mass is 522 g/mol. The van der Waals surface area contributed by atoms with E-state index in [1.165, 1.54) is 12.1 Å². The van der Waals surface area contributed by atoms with Gasteiger partial charge in [0.15, 0.2) is 5.96 Å². The maximum Gasteiger partial charge on any atom is 0.373 e. The molecule has 0 fully saturated rings. The number of guanidine groups is 1. The van der Waals surface area contributed by atoms with E-state index in [9.17, 15) is 19.5 Å². The lowest BCUT2D eigenvalue weighted by Gasteiger charge is -2.16. The first-order valence-electron chi connectivity index (χ1n) is 10.2. The summed E-state index contributed by atoms with van der Waals surface area (Å²) in [4.78, 5) is 56.3. The minimum atomic E-state index is -1.19. The number of benzene rings is 2. The van der Waals surface area contributed by atoms with Gasteiger partial charge in [0, 0.05) is 25.8 Å². The lowest BCUT2D eigenvalue weighted by atomic mass is 10.0. The number of ketones is 1. The smallest absolute Gasteiger partial charge is 0.373 e. The van der Waals surface area contributed by atoms with Crippen molar-refractivity contribution < 1.29 is 29.1 Å². The number of nitrogens with two attached hydrogens (primary N) is 2. The molecule has 0 saturated heterocycles. The summed E-state index contributed by atoms with van der Waals surface area (Å²) in [6, 6.07) is 10.4. The first-order chi connectivity index (χ1) is 16.6. The van der Waals surface area contributed by atoms with Gasteiger partial charge in [-0.1, -0.05) is 53.5 Å². The number of hydrogen-bond donors (Lipinski definition) is 4. The number of carbonyl (C=O) groups is 3. The fourth-order valence-corrected chi connectivity index (χ4v) is 3.54. The van der Waals surface area contributed by atoms with E-state index in [0.717, 1.165) is 5.56 Å². The predicted octanol–water partition coefficient (Wildman–Crippen LogP) is 2.00. The van der Waals surface area contributed by atoms with Gasteiger partial charge in [0.05, 0.1) is 15.6 Å². The van der Waals surface area contributed by atoms with Crippen molar-refractivity contribution in [1.29, 1.82) is 0 Å². The number of halogens is 2. The zero-order valence-electron chi connectivity index (χ0n) is 18.5. The summed E-state index contributed by atoms with van der Waals surface area (Å²) in [5.74, 6) is -1.81. The summed E-state index contributed by atoms with van der Waals surface area (Å²) in [5.41, 5.74) is 12.0. The molecule has 1 atom stereocenters. The Kier molecular flexibility index (Phi) is 12.8. The molecule has 35 heavy (non-hydrogen) atoms. The van der Waals surface area contributed by atoms with Gasteiger partial charge < -0.3 is 21.9 Å². The third-order valence-corrected chi connectivity index (χ3v) is 5.20. The molecule has 2 rings (SSSR count). The van der Waals surface area contributed by atoms with E-state index in [-0.39, 0.29) is 46.3 Å². The van der Waals surface area contributed by atoms with Gasteiger partial charge in [0.1, 0.15) is 11.8 Å². The van der Waals surface area contributed by atoms with Crippen molar-refractivity contribution in [3.8, 4) is 0 Å². The van der Waals surface area contributed by atoms with Crippen LogP contribution in [0.2, 0.25) is 10.0 Å². The van der Waals surface area contributed by atoms with Crippen LogP contribution >= 0.6 is 23.2 Å². The van der Waals surface area contributed by atoms with Crippen molar-refractivity contribution in [3.63, 3.8) is 0 Å². The lowest BCUT2D eigenvalue weighted by Crippen LogP contribution is -2.42. The van der Waals surface area contributed by atoms with Crippen molar-refractivity contribution in [2.24, 2.45) is 16.5 Å². The lowest BCUT2D eigenvalue weighted by molar-refractivity contribution is -0.191. The van der Waals surface area contributed by atoms with E-state index in [2.05, 4.69) is 10.3 Å². The van der Waals surface area contributed by atoms with Crippen LogP contribution in [-0.2, 0) is 32.0 Å². The van der Waals surface area contributed by atoms with Crippen molar-refractivity contribution in [2.45, 2.75) is 31.7 Å². The first-order valence-corrected chi connectivity index (χ1v) is 11.0. The molecule has 0 aliphatic rings. The molecule has 186 valence electrons. The van der Waals surface area contributed by atoms with Gasteiger partial charge in [-0.15, -0.1) is 0 Å². The molecule has 2 aromatic rings. The Labute approximate surface area is 211 Å². The quantitative estimate of drug-likeness (QED) is 0.196. The third kappa shape index (κ3) is 10.8. The Morgan fingerprint density at radius 1 is 1.00 bits per heavy atom. The van der Waals surface area contributed by atoms with Gasteiger partial charge in [0.2, 0.25) is 0 Å². The summed E-state index contributed by atoms with van der Waals surface area (Å²) < 4.78 is 0. The van der Waals surface area contributed by atoms with Gasteiger partial charge in [-0.05, 0) is 29.7 Å². The van der Waals surface area contributed by atoms with Gasteiger partial charge in [0.25, 0.3) is 5.91 Å². The van der Waals surface area contributed by atoms with Crippen LogP contribution in [0.4, 0.5) is 0 Å². The van der Waals surface area contributed by atoms with Crippen LogP contribution in [0.25, 0.3) is 0 Å². The number of nitrogens with zero attached hydrogens (tertiary/aromatic N) is 1. The highest BCUT2D eigenvalue weighted by atomic mass is 35.5. The summed E-state index contributed by atoms with van der Waals surface area (Å²) in [6.07, 6.45) is 1.47. The Balaban J connectivity index is 0.00000194. The molecule has 12 heteroatoms. The standard InChI is InChI=1S/C22H24Cl2N4O4.CO2/c23-16-4-1-5-17(24)19(16)20(30)28-18(21(31)32)12-14-8-6-13(7-9-14)11-15(29)3-2-10-27-22(25)26;2-1-3/h1,4-9,18H,2-3,10-12H2,(H,28,30)(H,31,32)(H4,25,26,27);/t18-;/m0./s1. The normalized spacial score (nSPS) is 10.7. The SMILES string of the molecule is NC(N)=NCCCC(=O)Cc1ccc(C[C@H](NC(=O)c2c(Cl)cccc2Cl)C(=O)O)cc1.O=C=O. The topological polar surface area (TPSA) is 182 Å². The molecule has 0 aliphatic carbocycles. The van der Waals surface area contributed by atoms with E-state index in [1.54, 1.807) is 30.3 Å². The second-order valence-electron chi connectivity index (χ2n) is 7.19. The number of Topliss-reactive ketones (excluding diaryl/α,β-unsaturated/α-hetero) is 1. The van der Waals surface area contributed by atoms with Crippen molar-refractivity contribution >= 4 is 53.0 Å². The molecule has 0 heterocycles. The van der Waals surface area contributed by atoms with Crippen LogP contribution in [0.3, 0.4) is 0 Å². The van der Waals surface area contributed by atoms with E-state index in [0.29, 0.717) is 24.9 Å². The fraction of sp³-hybridized carbons (Fsp3) is 0.261. The molecule has 0 spiro atoms. The largest absolute Gasteiger partial charge is 0.480 e. The first kappa shape index (κ1) is 29.3. The summed E-state index contributed by atoms with van der Waals surface area (Å²) >= 11 is 12.0. The zero-order chi connectivity index (χ0) is 26.4. The molecule has 0 saturated carbocycles. The molecular formula is C23H24Cl2N4O6. The number of hydrogen-bond acceptors (Lipinski definition) is 6. The minimum absolute atomic E-state index is 0.00106. The maximum atomic E-state index is 12.5. The summed E-state index contributed by atoms with van der Waals surface area (Å²) in [7, 11) is 0. The molecule has 0 aliphatic heterocycles. The number of carboxylic acid groups (broad SMARTS) is 1. The Morgan fingerprint density at radius 2 is 1.54 bits per heavy atom. The van der Waals surface area contributed by atoms with Crippen molar-refractivity contribution in [2.75, 3.05) is 6.54 Å². The number of rotatable bonds is 11. The molecule has 2 aromatic carbocycles. The Bertz CT molecular complexity index is 1080. The van der Waals surface area contributed by atoms with Crippen LogP contribution in [0.5, 0.6) is 0 Å². The number of amides is 1. The molecule has 0 radical (unpaired) electrons. The Hall–Kier alpha value is -3.72. The van der Waals surface area contributed by atoms with E-state index >= 15 is 0 Å². The highest BCUT2D eigenvalue weighted by Gasteiger charge is 2.23. The molecule has 6 N–H and O–H groups in total. The number of aliphatic imine (C=N–C) groups is 1. The second-order valence-corrected chi connectivity index (χ2v) is 8.00. The second kappa shape index (κ2) is 15.2. The van der Waals surface area contributed by atoms with Gasteiger partial charge in [-0.3, -0.25) is 14.6 Å². The average Bonchev–Trinajstić information content (AvgIpc) is 2.78. The summed E-state index contributed by atoms with van der Waals surface area (Å²) in [5, 5.41) is 12.2.